The van der Waals surface area contributed by atoms with E-state index in [1.807, 2.05) is 13.0 Å². The highest BCUT2D eigenvalue weighted by atomic mass is 15.2. The van der Waals surface area contributed by atoms with Gasteiger partial charge in [0.25, 0.3) is 0 Å². The normalized spacial score (nSPS) is 23.2. The minimum Gasteiger partial charge on any atom is -0.337 e. The van der Waals surface area contributed by atoms with Gasteiger partial charge >= 0.3 is 0 Å². The number of fused-ring (bicyclic) bond motifs is 3. The highest BCUT2D eigenvalue weighted by Crippen LogP contribution is 2.41. The Hall–Kier alpha value is -4.03. The van der Waals surface area contributed by atoms with Gasteiger partial charge in [-0.05, 0) is 79.2 Å². The first-order chi connectivity index (χ1) is 18.1. The summed E-state index contributed by atoms with van der Waals surface area (Å²) in [4.78, 5) is 2.28. The Morgan fingerprint density at radius 2 is 2.05 bits per heavy atom. The number of anilines is 1. The van der Waals surface area contributed by atoms with E-state index in [9.17, 15) is 5.26 Å². The summed E-state index contributed by atoms with van der Waals surface area (Å²) >= 11 is 0. The monoisotopic (exact) mass is 483 g/mol. The first-order valence-electron chi connectivity index (χ1n) is 13.4. The number of rotatable bonds is 6. The fraction of sp³-hybridized carbons (Fsp3) is 0.265. The third-order valence-electron chi connectivity index (χ3n) is 7.90. The minimum atomic E-state index is -0.0348. The zero-order chi connectivity index (χ0) is 25.5. The summed E-state index contributed by atoms with van der Waals surface area (Å²) in [5.41, 5.74) is 11.3. The molecule has 1 aromatic carbocycles. The molecule has 0 bridgehead atoms. The maximum Gasteiger partial charge on any atom is 0.0701 e. The summed E-state index contributed by atoms with van der Waals surface area (Å²) in [6.07, 6.45) is 26.2. The second-order valence-electron chi connectivity index (χ2n) is 10.4. The van der Waals surface area contributed by atoms with Crippen LogP contribution in [0, 0.1) is 23.2 Å². The fourth-order valence-corrected chi connectivity index (χ4v) is 6.06. The lowest BCUT2D eigenvalue weighted by molar-refractivity contribution is 0.576. The summed E-state index contributed by atoms with van der Waals surface area (Å²) in [7, 11) is 0. The number of nitriles is 1. The van der Waals surface area contributed by atoms with Gasteiger partial charge < -0.3 is 9.47 Å². The van der Waals surface area contributed by atoms with Crippen LogP contribution in [0.1, 0.15) is 60.8 Å². The number of benzene rings is 1. The average Bonchev–Trinajstić information content (AvgIpc) is 3.55. The summed E-state index contributed by atoms with van der Waals surface area (Å²) in [5, 5.41) is 9.55. The van der Waals surface area contributed by atoms with Gasteiger partial charge in [-0.25, -0.2) is 0 Å². The molecule has 4 aliphatic carbocycles. The molecule has 4 aliphatic rings. The molecule has 0 amide bonds. The van der Waals surface area contributed by atoms with Gasteiger partial charge in [0, 0.05) is 34.4 Å². The summed E-state index contributed by atoms with van der Waals surface area (Å²) < 4.78 is 2.56. The van der Waals surface area contributed by atoms with Gasteiger partial charge in [0.2, 0.25) is 0 Å². The molecule has 0 N–H and O–H groups in total. The molecule has 0 aliphatic heterocycles. The highest BCUT2D eigenvalue weighted by molar-refractivity contribution is 5.79. The smallest absolute Gasteiger partial charge is 0.0701 e. The van der Waals surface area contributed by atoms with Crippen LogP contribution in [0.5, 0.6) is 0 Å². The van der Waals surface area contributed by atoms with E-state index < -0.39 is 0 Å². The topological polar surface area (TPSA) is 32.0 Å². The summed E-state index contributed by atoms with van der Waals surface area (Å²) in [6, 6.07) is 11.5. The molecule has 3 nitrogen and oxygen atoms in total. The lowest BCUT2D eigenvalue weighted by Gasteiger charge is -2.26. The molecule has 3 atom stereocenters. The van der Waals surface area contributed by atoms with E-state index in [4.69, 9.17) is 0 Å². The van der Waals surface area contributed by atoms with E-state index in [1.54, 1.807) is 0 Å². The van der Waals surface area contributed by atoms with Crippen LogP contribution < -0.4 is 4.90 Å². The van der Waals surface area contributed by atoms with Crippen LogP contribution >= 0.6 is 0 Å². The van der Waals surface area contributed by atoms with Crippen LogP contribution in [0.15, 0.2) is 90.8 Å². The van der Waals surface area contributed by atoms with Gasteiger partial charge in [-0.15, -0.1) is 0 Å². The zero-order valence-electron chi connectivity index (χ0n) is 21.7. The molecule has 0 spiro atoms. The van der Waals surface area contributed by atoms with Gasteiger partial charge in [0.1, 0.15) is 0 Å². The van der Waals surface area contributed by atoms with E-state index >= 15 is 0 Å². The van der Waals surface area contributed by atoms with Gasteiger partial charge in [0.05, 0.1) is 18.0 Å². The molecule has 0 radical (unpaired) electrons. The largest absolute Gasteiger partial charge is 0.337 e. The zero-order valence-corrected chi connectivity index (χ0v) is 21.7. The first kappa shape index (κ1) is 23.4. The molecule has 3 unspecified atom stereocenters. The molecule has 6 rings (SSSR count). The first-order valence-corrected chi connectivity index (χ1v) is 13.4. The van der Waals surface area contributed by atoms with Crippen molar-refractivity contribution in [3.63, 3.8) is 0 Å². The standard InChI is InChI=1S/C34H33N3/c1-4-9-24(3)36(34-18-23(34)2)28-12-7-10-26(20-28)27-11-8-13-29(21-27)37-32-15-6-5-14-30(32)31-19-25(22-35)16-17-33(31)37/h4-5,7-12,14,16-18,20-21,23,25,29H,3,6,13,15,19H2,1-2H3/b9-4-. The molecular weight excluding hydrogens is 450 g/mol. The van der Waals surface area contributed by atoms with Crippen molar-refractivity contribution in [2.24, 2.45) is 11.8 Å². The van der Waals surface area contributed by atoms with Crippen molar-refractivity contribution in [2.45, 2.75) is 45.6 Å². The van der Waals surface area contributed by atoms with Gasteiger partial charge in [-0.3, -0.25) is 0 Å². The minimum absolute atomic E-state index is 0.0348. The second kappa shape index (κ2) is 9.45. The van der Waals surface area contributed by atoms with Crippen LogP contribution in [0.25, 0.3) is 17.7 Å². The number of aromatic nitrogens is 1. The van der Waals surface area contributed by atoms with Crippen molar-refractivity contribution in [1.82, 2.24) is 4.57 Å². The van der Waals surface area contributed by atoms with Crippen molar-refractivity contribution in [2.75, 3.05) is 4.90 Å². The van der Waals surface area contributed by atoms with Crippen molar-refractivity contribution < 1.29 is 0 Å². The second-order valence-corrected chi connectivity index (χ2v) is 10.4. The SMILES string of the molecule is C=C(/C=C\C)N(C1=CC1C)c1cccc(C2=CC(n3c4c(c5c3CCC=C5)CC(C#N)C=C4)CC=C2)c1. The maximum absolute atomic E-state index is 9.55. The number of hydrogen-bond acceptors (Lipinski definition) is 2. The Kier molecular flexibility index (Phi) is 5.97. The van der Waals surface area contributed by atoms with Gasteiger partial charge in [0.15, 0.2) is 0 Å². The number of allylic oxidation sites excluding steroid dienone is 10. The van der Waals surface area contributed by atoms with Gasteiger partial charge in [-0.1, -0.05) is 74.2 Å². The molecule has 0 saturated heterocycles. The third kappa shape index (κ3) is 4.17. The molecule has 1 aromatic heterocycles. The Bertz CT molecular complexity index is 1490. The van der Waals surface area contributed by atoms with Crippen LogP contribution in [0.2, 0.25) is 0 Å². The lowest BCUT2D eigenvalue weighted by atomic mass is 9.90. The molecule has 0 saturated carbocycles. The Balaban J connectivity index is 1.38. The van der Waals surface area contributed by atoms with Crippen LogP contribution in [-0.4, -0.2) is 4.57 Å². The molecule has 184 valence electrons. The number of nitrogens with zero attached hydrogens (tertiary/aromatic N) is 3. The molecule has 37 heavy (non-hydrogen) atoms. The Morgan fingerprint density at radius 3 is 2.84 bits per heavy atom. The average molecular weight is 484 g/mol. The summed E-state index contributed by atoms with van der Waals surface area (Å²) in [5.74, 6) is 0.449. The van der Waals surface area contributed by atoms with E-state index in [1.165, 1.54) is 39.3 Å². The molecule has 1 heterocycles. The van der Waals surface area contributed by atoms with Crippen LogP contribution in [0.4, 0.5) is 5.69 Å². The fourth-order valence-electron chi connectivity index (χ4n) is 6.06. The van der Waals surface area contributed by atoms with E-state index in [0.29, 0.717) is 5.92 Å². The van der Waals surface area contributed by atoms with Crippen molar-refractivity contribution >= 4 is 23.4 Å². The van der Waals surface area contributed by atoms with E-state index in [0.717, 1.165) is 37.1 Å². The quantitative estimate of drug-likeness (QED) is 0.388. The van der Waals surface area contributed by atoms with E-state index in [2.05, 4.69) is 108 Å². The molecule has 0 fully saturated rings. The third-order valence-corrected chi connectivity index (χ3v) is 7.90. The molecule has 3 heteroatoms. The Labute approximate surface area is 220 Å². The highest BCUT2D eigenvalue weighted by Gasteiger charge is 2.30. The van der Waals surface area contributed by atoms with Crippen molar-refractivity contribution in [3.8, 4) is 6.07 Å². The summed E-state index contributed by atoms with van der Waals surface area (Å²) in [6.45, 7) is 8.60. The molecular formula is C34H33N3. The maximum atomic E-state index is 9.55. The lowest BCUT2D eigenvalue weighted by Crippen LogP contribution is -2.17. The predicted molar refractivity (Wildman–Crippen MR) is 155 cm³/mol. The van der Waals surface area contributed by atoms with Crippen molar-refractivity contribution in [3.05, 3.63) is 119 Å². The van der Waals surface area contributed by atoms with Gasteiger partial charge in [-0.2, -0.15) is 5.26 Å². The van der Waals surface area contributed by atoms with Crippen LogP contribution in [-0.2, 0) is 12.8 Å². The van der Waals surface area contributed by atoms with E-state index in [-0.39, 0.29) is 12.0 Å². The predicted octanol–water partition coefficient (Wildman–Crippen LogP) is 8.17. The molecule has 2 aromatic rings. The number of hydrogen-bond donors (Lipinski definition) is 0. The van der Waals surface area contributed by atoms with Crippen molar-refractivity contribution in [1.29, 1.82) is 5.26 Å². The van der Waals surface area contributed by atoms with Crippen LogP contribution in [0.3, 0.4) is 0 Å². The Morgan fingerprint density at radius 1 is 1.19 bits per heavy atom.